The summed E-state index contributed by atoms with van der Waals surface area (Å²) in [5.74, 6) is -1.76. The number of carboxylic acids is 1. The van der Waals surface area contributed by atoms with Crippen LogP contribution in [0.25, 0.3) is 11.0 Å². The van der Waals surface area contributed by atoms with Crippen LogP contribution in [0, 0.1) is 6.92 Å². The topological polar surface area (TPSA) is 138 Å². The molecule has 1 aromatic heterocycles. The van der Waals surface area contributed by atoms with E-state index >= 15 is 0 Å². The minimum atomic E-state index is -4.15. The minimum absolute atomic E-state index is 0.00352. The van der Waals surface area contributed by atoms with E-state index in [1.807, 2.05) is 6.07 Å². The molecule has 0 radical (unpaired) electrons. The summed E-state index contributed by atoms with van der Waals surface area (Å²) in [4.78, 5) is 24.5. The Bertz CT molecular complexity index is 1470. The fourth-order valence-corrected chi connectivity index (χ4v) is 5.36. The Kier molecular flexibility index (Phi) is 6.68. The molecule has 0 unspecified atom stereocenters. The van der Waals surface area contributed by atoms with E-state index in [0.717, 1.165) is 17.3 Å². The number of carbonyl (C=O) groups excluding carboxylic acids is 1. The number of fused-ring (bicyclic) bond motifs is 1. The number of hydrogen-bond donors (Lipinski definition) is 3. The van der Waals surface area contributed by atoms with Crippen LogP contribution < -0.4 is 10.0 Å². The van der Waals surface area contributed by atoms with Gasteiger partial charge in [0, 0.05) is 5.69 Å². The standard InChI is InChI=1S/C23H20N4O5S2/c1-14-10-11-16(23(29)30)13-18(14)24-22(28)19(12-15-6-3-2-4-7-15)27-34(31,32)20-9-5-8-17-21(20)26-33-25-17/h2-11,13,19,27H,12H2,1H3,(H,24,28)(H,29,30)/t19-/m1/s1. The lowest BCUT2D eigenvalue weighted by atomic mass is 10.1. The van der Waals surface area contributed by atoms with Crippen LogP contribution >= 0.6 is 11.7 Å². The second-order valence-corrected chi connectivity index (χ2v) is 9.79. The van der Waals surface area contributed by atoms with Crippen LogP contribution in [0.5, 0.6) is 0 Å². The molecule has 0 bridgehead atoms. The number of rotatable bonds is 8. The highest BCUT2D eigenvalue weighted by Crippen LogP contribution is 2.22. The summed E-state index contributed by atoms with van der Waals surface area (Å²) in [5.41, 5.74) is 2.34. The minimum Gasteiger partial charge on any atom is -0.478 e. The van der Waals surface area contributed by atoms with Crippen molar-refractivity contribution in [3.05, 3.63) is 83.4 Å². The quantitative estimate of drug-likeness (QED) is 0.340. The van der Waals surface area contributed by atoms with Gasteiger partial charge in [0.25, 0.3) is 0 Å². The van der Waals surface area contributed by atoms with Gasteiger partial charge in [-0.15, -0.1) is 0 Å². The average molecular weight is 497 g/mol. The fraction of sp³-hybridized carbons (Fsp3) is 0.130. The Morgan fingerprint density at radius 2 is 1.79 bits per heavy atom. The number of hydrogen-bond acceptors (Lipinski definition) is 7. The number of aryl methyl sites for hydroxylation is 1. The van der Waals surface area contributed by atoms with Gasteiger partial charge in [-0.05, 0) is 48.7 Å². The van der Waals surface area contributed by atoms with Crippen molar-refractivity contribution >= 4 is 50.3 Å². The summed E-state index contributed by atoms with van der Waals surface area (Å²) in [6.07, 6.45) is 0.0782. The molecule has 0 spiro atoms. The highest BCUT2D eigenvalue weighted by Gasteiger charge is 2.28. The van der Waals surface area contributed by atoms with Crippen molar-refractivity contribution in [3.63, 3.8) is 0 Å². The van der Waals surface area contributed by atoms with Crippen LogP contribution in [-0.2, 0) is 21.2 Å². The summed E-state index contributed by atoms with van der Waals surface area (Å²) in [5, 5.41) is 11.9. The molecule has 1 atom stereocenters. The normalized spacial score (nSPS) is 12.4. The van der Waals surface area contributed by atoms with Crippen LogP contribution in [0.15, 0.2) is 71.6 Å². The Morgan fingerprint density at radius 3 is 2.53 bits per heavy atom. The second kappa shape index (κ2) is 9.67. The summed E-state index contributed by atoms with van der Waals surface area (Å²) < 4.78 is 37.2. The first-order valence-electron chi connectivity index (χ1n) is 10.2. The largest absolute Gasteiger partial charge is 0.478 e. The van der Waals surface area contributed by atoms with Gasteiger partial charge in [-0.3, -0.25) is 4.79 Å². The van der Waals surface area contributed by atoms with Crippen molar-refractivity contribution in [2.24, 2.45) is 0 Å². The molecule has 0 aliphatic carbocycles. The molecular formula is C23H20N4O5S2. The van der Waals surface area contributed by atoms with Gasteiger partial charge in [-0.25, -0.2) is 13.2 Å². The van der Waals surface area contributed by atoms with E-state index in [1.165, 1.54) is 18.2 Å². The number of nitrogens with zero attached hydrogens (tertiary/aromatic N) is 2. The number of amides is 1. The molecule has 0 saturated heterocycles. The average Bonchev–Trinajstić information content (AvgIpc) is 3.29. The summed E-state index contributed by atoms with van der Waals surface area (Å²) in [6.45, 7) is 1.72. The van der Waals surface area contributed by atoms with E-state index in [-0.39, 0.29) is 28.1 Å². The molecular weight excluding hydrogens is 476 g/mol. The number of aromatic carboxylic acids is 1. The molecule has 3 aromatic carbocycles. The van der Waals surface area contributed by atoms with Gasteiger partial charge >= 0.3 is 5.97 Å². The first-order valence-corrected chi connectivity index (χ1v) is 12.4. The maximum absolute atomic E-state index is 13.3. The van der Waals surface area contributed by atoms with Gasteiger partial charge in [-0.1, -0.05) is 42.5 Å². The summed E-state index contributed by atoms with van der Waals surface area (Å²) >= 11 is 0.899. The predicted molar refractivity (Wildman–Crippen MR) is 128 cm³/mol. The first-order chi connectivity index (χ1) is 16.2. The van der Waals surface area contributed by atoms with E-state index in [4.69, 9.17) is 0 Å². The molecule has 0 aliphatic rings. The molecule has 1 amide bonds. The lowest BCUT2D eigenvalue weighted by Crippen LogP contribution is -2.45. The molecule has 11 heteroatoms. The summed E-state index contributed by atoms with van der Waals surface area (Å²) in [7, 11) is -4.15. The number of sulfonamides is 1. The third-order valence-electron chi connectivity index (χ3n) is 5.18. The van der Waals surface area contributed by atoms with E-state index in [0.29, 0.717) is 11.1 Å². The lowest BCUT2D eigenvalue weighted by Gasteiger charge is -2.20. The zero-order valence-electron chi connectivity index (χ0n) is 17.9. The molecule has 4 aromatic rings. The number of anilines is 1. The second-order valence-electron chi connectivity index (χ2n) is 7.58. The van der Waals surface area contributed by atoms with Crippen molar-refractivity contribution in [2.45, 2.75) is 24.3 Å². The predicted octanol–water partition coefficient (Wildman–Crippen LogP) is 3.23. The zero-order chi connectivity index (χ0) is 24.3. The van der Waals surface area contributed by atoms with Crippen LogP contribution in [0.3, 0.4) is 0 Å². The third-order valence-corrected chi connectivity index (χ3v) is 7.22. The van der Waals surface area contributed by atoms with Crippen LogP contribution in [0.1, 0.15) is 21.5 Å². The van der Waals surface area contributed by atoms with Crippen molar-refractivity contribution in [2.75, 3.05) is 5.32 Å². The highest BCUT2D eigenvalue weighted by molar-refractivity contribution is 7.89. The molecule has 1 heterocycles. The van der Waals surface area contributed by atoms with E-state index < -0.39 is 27.9 Å². The molecule has 34 heavy (non-hydrogen) atoms. The fourth-order valence-electron chi connectivity index (χ4n) is 3.40. The molecule has 0 aliphatic heterocycles. The van der Waals surface area contributed by atoms with Crippen molar-refractivity contribution in [3.8, 4) is 0 Å². The van der Waals surface area contributed by atoms with E-state index in [2.05, 4.69) is 18.8 Å². The van der Waals surface area contributed by atoms with Gasteiger partial charge < -0.3 is 10.4 Å². The SMILES string of the molecule is Cc1ccc(C(=O)O)cc1NC(=O)[C@@H](Cc1ccccc1)NS(=O)(=O)c1cccc2nsnc12. The van der Waals surface area contributed by atoms with Crippen molar-refractivity contribution in [1.82, 2.24) is 13.5 Å². The molecule has 0 fully saturated rings. The van der Waals surface area contributed by atoms with Gasteiger partial charge in [-0.2, -0.15) is 13.5 Å². The number of benzene rings is 3. The smallest absolute Gasteiger partial charge is 0.335 e. The molecule has 9 nitrogen and oxygen atoms in total. The first kappa shape index (κ1) is 23.5. The van der Waals surface area contributed by atoms with Crippen molar-refractivity contribution in [1.29, 1.82) is 0 Å². The summed E-state index contributed by atoms with van der Waals surface area (Å²) in [6, 6.07) is 16.8. The van der Waals surface area contributed by atoms with E-state index in [9.17, 15) is 23.1 Å². The third kappa shape index (κ3) is 5.11. The Labute approximate surface area is 199 Å². The molecule has 3 N–H and O–H groups in total. The Morgan fingerprint density at radius 1 is 1.03 bits per heavy atom. The highest BCUT2D eigenvalue weighted by atomic mass is 32.2. The molecule has 4 rings (SSSR count). The Balaban J connectivity index is 1.67. The number of nitrogens with one attached hydrogen (secondary N) is 2. The van der Waals surface area contributed by atoms with Gasteiger partial charge in [0.1, 0.15) is 22.0 Å². The molecule has 174 valence electrons. The maximum atomic E-state index is 13.3. The van der Waals surface area contributed by atoms with Crippen LogP contribution in [0.4, 0.5) is 5.69 Å². The van der Waals surface area contributed by atoms with Crippen molar-refractivity contribution < 1.29 is 23.1 Å². The lowest BCUT2D eigenvalue weighted by molar-refractivity contribution is -0.117. The van der Waals surface area contributed by atoms with Gasteiger partial charge in [0.05, 0.1) is 17.3 Å². The van der Waals surface area contributed by atoms with Gasteiger partial charge in [0.15, 0.2) is 0 Å². The van der Waals surface area contributed by atoms with Gasteiger partial charge in [0.2, 0.25) is 15.9 Å². The zero-order valence-corrected chi connectivity index (χ0v) is 19.6. The number of carboxylic acid groups (broad SMARTS) is 1. The molecule has 0 saturated carbocycles. The number of aromatic nitrogens is 2. The monoisotopic (exact) mass is 496 g/mol. The van der Waals surface area contributed by atoms with E-state index in [1.54, 1.807) is 49.4 Å². The van der Waals surface area contributed by atoms with Crippen LogP contribution in [0.2, 0.25) is 0 Å². The van der Waals surface area contributed by atoms with Crippen LogP contribution in [-0.4, -0.2) is 40.2 Å². The maximum Gasteiger partial charge on any atom is 0.335 e. The number of carbonyl (C=O) groups is 2. The Hall–Kier alpha value is -3.67.